The summed E-state index contributed by atoms with van der Waals surface area (Å²) in [7, 11) is 7.35. The fourth-order valence-corrected chi connectivity index (χ4v) is 2.96. The number of ether oxygens (including phenoxy) is 2. The first-order valence-electron chi connectivity index (χ1n) is 8.91. The van der Waals surface area contributed by atoms with Crippen molar-refractivity contribution in [2.75, 3.05) is 28.3 Å². The Morgan fingerprint density at radius 3 is 2.33 bits per heavy atom. The summed E-state index contributed by atoms with van der Waals surface area (Å²) in [6.07, 6.45) is 0.641. The highest BCUT2D eigenvalue weighted by Gasteiger charge is 2.13. The molecule has 6 heteroatoms. The van der Waals surface area contributed by atoms with Crippen molar-refractivity contribution in [3.05, 3.63) is 71.3 Å². The number of hydrogen-bond donors (Lipinski definition) is 0. The van der Waals surface area contributed by atoms with Gasteiger partial charge in [-0.1, -0.05) is 36.4 Å². The van der Waals surface area contributed by atoms with E-state index in [1.54, 1.807) is 14.2 Å². The minimum Gasteiger partial charge on any atom is -0.493 e. The molecule has 0 saturated carbocycles. The number of hydrogen-bond acceptors (Lipinski definition) is 5. The van der Waals surface area contributed by atoms with E-state index in [1.165, 1.54) is 5.56 Å². The van der Waals surface area contributed by atoms with E-state index < -0.39 is 0 Å². The zero-order chi connectivity index (χ0) is 19.2. The van der Waals surface area contributed by atoms with E-state index in [0.29, 0.717) is 18.7 Å². The summed E-state index contributed by atoms with van der Waals surface area (Å²) in [4.78, 5) is 6.88. The van der Waals surface area contributed by atoms with Gasteiger partial charge in [-0.25, -0.2) is 9.67 Å². The van der Waals surface area contributed by atoms with Crippen LogP contribution in [0.3, 0.4) is 0 Å². The maximum Gasteiger partial charge on any atom is 0.161 e. The Morgan fingerprint density at radius 2 is 1.67 bits per heavy atom. The predicted molar refractivity (Wildman–Crippen MR) is 105 cm³/mol. The van der Waals surface area contributed by atoms with Gasteiger partial charge in [-0.2, -0.15) is 5.10 Å². The summed E-state index contributed by atoms with van der Waals surface area (Å²) >= 11 is 0. The van der Waals surface area contributed by atoms with Crippen molar-refractivity contribution in [2.45, 2.75) is 19.5 Å². The highest BCUT2D eigenvalue weighted by atomic mass is 16.5. The number of methoxy groups -OCH3 is 2. The fourth-order valence-electron chi connectivity index (χ4n) is 2.96. The topological polar surface area (TPSA) is 52.4 Å². The molecule has 0 saturated heterocycles. The lowest BCUT2D eigenvalue weighted by molar-refractivity contribution is 0.354. The van der Waals surface area contributed by atoms with Gasteiger partial charge in [-0.15, -0.1) is 0 Å². The molecule has 0 aliphatic heterocycles. The third-order valence-electron chi connectivity index (χ3n) is 4.24. The van der Waals surface area contributed by atoms with Crippen LogP contribution in [0.5, 0.6) is 11.5 Å². The number of rotatable bonds is 8. The van der Waals surface area contributed by atoms with Crippen LogP contribution in [-0.2, 0) is 19.5 Å². The van der Waals surface area contributed by atoms with E-state index in [4.69, 9.17) is 19.6 Å². The van der Waals surface area contributed by atoms with Gasteiger partial charge in [-0.3, -0.25) is 0 Å². The second-order valence-electron chi connectivity index (χ2n) is 6.69. The monoisotopic (exact) mass is 366 g/mol. The van der Waals surface area contributed by atoms with Crippen LogP contribution in [0.15, 0.2) is 48.5 Å². The van der Waals surface area contributed by atoms with E-state index in [9.17, 15) is 0 Å². The highest BCUT2D eigenvalue weighted by Crippen LogP contribution is 2.28. The van der Waals surface area contributed by atoms with Crippen molar-refractivity contribution in [1.82, 2.24) is 19.7 Å². The average Bonchev–Trinajstić information content (AvgIpc) is 3.02. The van der Waals surface area contributed by atoms with Crippen LogP contribution in [0.2, 0.25) is 0 Å². The molecular formula is C21H26N4O2. The maximum absolute atomic E-state index is 5.40. The van der Waals surface area contributed by atoms with Gasteiger partial charge in [0.15, 0.2) is 17.3 Å². The molecule has 0 radical (unpaired) electrons. The molecule has 0 atom stereocenters. The molecule has 0 aliphatic rings. The summed E-state index contributed by atoms with van der Waals surface area (Å²) in [5.41, 5.74) is 2.29. The van der Waals surface area contributed by atoms with E-state index >= 15 is 0 Å². The van der Waals surface area contributed by atoms with Gasteiger partial charge in [-0.05, 0) is 37.4 Å². The zero-order valence-electron chi connectivity index (χ0n) is 16.3. The van der Waals surface area contributed by atoms with Crippen LogP contribution in [0.25, 0.3) is 0 Å². The Kier molecular flexibility index (Phi) is 6.08. The lowest BCUT2D eigenvalue weighted by Gasteiger charge is -2.10. The lowest BCUT2D eigenvalue weighted by atomic mass is 10.1. The van der Waals surface area contributed by atoms with Crippen LogP contribution in [0.1, 0.15) is 22.8 Å². The summed E-state index contributed by atoms with van der Waals surface area (Å²) < 4.78 is 12.7. The Balaban J connectivity index is 1.85. The first kappa shape index (κ1) is 18.9. The molecule has 2 aromatic carbocycles. The molecule has 1 aromatic heterocycles. The molecule has 0 aliphatic carbocycles. The molecule has 0 amide bonds. The molecule has 6 nitrogen and oxygen atoms in total. The number of benzene rings is 2. The van der Waals surface area contributed by atoms with Crippen molar-refractivity contribution in [1.29, 1.82) is 0 Å². The van der Waals surface area contributed by atoms with Crippen molar-refractivity contribution in [2.24, 2.45) is 0 Å². The average molecular weight is 366 g/mol. The molecule has 0 fully saturated rings. The van der Waals surface area contributed by atoms with E-state index in [0.717, 1.165) is 29.5 Å². The van der Waals surface area contributed by atoms with Crippen molar-refractivity contribution in [3.63, 3.8) is 0 Å². The molecular weight excluding hydrogens is 340 g/mol. The molecule has 3 rings (SSSR count). The standard InChI is InChI=1S/C21H26N4O2/c1-24(2)15-21-22-20(23-25(21)14-16-8-6-5-7-9-16)13-17-10-11-18(26-3)19(12-17)27-4/h5-12H,13-15H2,1-4H3. The van der Waals surface area contributed by atoms with Gasteiger partial charge in [0.05, 0.1) is 27.3 Å². The largest absolute Gasteiger partial charge is 0.493 e. The SMILES string of the molecule is COc1ccc(Cc2nc(CN(C)C)n(Cc3ccccc3)n2)cc1OC. The fraction of sp³-hybridized carbons (Fsp3) is 0.333. The number of aromatic nitrogens is 3. The Hall–Kier alpha value is -2.86. The summed E-state index contributed by atoms with van der Waals surface area (Å²) in [5, 5.41) is 4.76. The van der Waals surface area contributed by atoms with Crippen molar-refractivity contribution >= 4 is 0 Å². The maximum atomic E-state index is 5.40. The van der Waals surface area contributed by atoms with Crippen LogP contribution < -0.4 is 9.47 Å². The van der Waals surface area contributed by atoms with Gasteiger partial charge in [0.1, 0.15) is 5.82 Å². The van der Waals surface area contributed by atoms with E-state index in [1.807, 2.05) is 55.2 Å². The quantitative estimate of drug-likeness (QED) is 0.613. The molecule has 0 unspecified atom stereocenters. The van der Waals surface area contributed by atoms with Crippen LogP contribution in [0, 0.1) is 0 Å². The van der Waals surface area contributed by atoms with Gasteiger partial charge in [0.25, 0.3) is 0 Å². The van der Waals surface area contributed by atoms with Gasteiger partial charge in [0.2, 0.25) is 0 Å². The molecule has 0 spiro atoms. The normalized spacial score (nSPS) is 11.0. The van der Waals surface area contributed by atoms with Crippen molar-refractivity contribution in [3.8, 4) is 11.5 Å². The Labute approximate surface area is 160 Å². The van der Waals surface area contributed by atoms with Gasteiger partial charge >= 0.3 is 0 Å². The van der Waals surface area contributed by atoms with Gasteiger partial charge in [0, 0.05) is 6.42 Å². The molecule has 3 aromatic rings. The smallest absolute Gasteiger partial charge is 0.161 e. The van der Waals surface area contributed by atoms with Crippen LogP contribution in [0.4, 0.5) is 0 Å². The van der Waals surface area contributed by atoms with E-state index in [-0.39, 0.29) is 0 Å². The second kappa shape index (κ2) is 8.68. The zero-order valence-corrected chi connectivity index (χ0v) is 16.3. The molecule has 1 heterocycles. The van der Waals surface area contributed by atoms with Crippen molar-refractivity contribution < 1.29 is 9.47 Å². The van der Waals surface area contributed by atoms with Crippen LogP contribution in [-0.4, -0.2) is 48.0 Å². The van der Waals surface area contributed by atoms with Gasteiger partial charge < -0.3 is 14.4 Å². The summed E-state index contributed by atoms with van der Waals surface area (Å²) in [6, 6.07) is 16.2. The lowest BCUT2D eigenvalue weighted by Crippen LogP contribution is -2.16. The minimum absolute atomic E-state index is 0.641. The van der Waals surface area contributed by atoms with E-state index in [2.05, 4.69) is 17.0 Å². The summed E-state index contributed by atoms with van der Waals surface area (Å²) in [6.45, 7) is 1.45. The highest BCUT2D eigenvalue weighted by molar-refractivity contribution is 5.43. The third kappa shape index (κ3) is 4.86. The first-order chi connectivity index (χ1) is 13.1. The molecule has 27 heavy (non-hydrogen) atoms. The first-order valence-corrected chi connectivity index (χ1v) is 8.91. The number of nitrogens with zero attached hydrogens (tertiary/aromatic N) is 4. The second-order valence-corrected chi connectivity index (χ2v) is 6.69. The molecule has 142 valence electrons. The molecule has 0 bridgehead atoms. The third-order valence-corrected chi connectivity index (χ3v) is 4.24. The Bertz CT molecular complexity index is 875. The minimum atomic E-state index is 0.641. The Morgan fingerprint density at radius 1 is 0.926 bits per heavy atom. The summed E-state index contributed by atoms with van der Waals surface area (Å²) in [5.74, 6) is 3.19. The van der Waals surface area contributed by atoms with Crippen LogP contribution >= 0.6 is 0 Å². The molecule has 0 N–H and O–H groups in total. The predicted octanol–water partition coefficient (Wildman–Crippen LogP) is 3.00.